The van der Waals surface area contributed by atoms with Gasteiger partial charge in [-0.25, -0.2) is 8.42 Å². The maximum absolute atomic E-state index is 12.9. The number of anilines is 2. The van der Waals surface area contributed by atoms with E-state index in [-0.39, 0.29) is 10.6 Å². The molecule has 1 aliphatic rings. The van der Waals surface area contributed by atoms with Gasteiger partial charge in [0.25, 0.3) is 15.7 Å². The number of sulfonamides is 1. The largest absolute Gasteiger partial charge is 0.363 e. The third kappa shape index (κ3) is 5.34. The Bertz CT molecular complexity index is 1120. The van der Waals surface area contributed by atoms with Crippen LogP contribution >= 0.6 is 0 Å². The SMILES string of the molecule is C#CCCN1CCN(c2ccc(S(=O)(=O)Nc3ccc(C)cc3C)cc2[N+](=O)[O-])CC1. The highest BCUT2D eigenvalue weighted by atomic mass is 32.2. The Morgan fingerprint density at radius 1 is 1.13 bits per heavy atom. The van der Waals surface area contributed by atoms with E-state index in [9.17, 15) is 18.5 Å². The summed E-state index contributed by atoms with van der Waals surface area (Å²) in [6.07, 6.45) is 5.98. The van der Waals surface area contributed by atoms with Gasteiger partial charge in [0, 0.05) is 45.2 Å². The molecule has 2 aromatic carbocycles. The van der Waals surface area contributed by atoms with Crippen molar-refractivity contribution in [2.24, 2.45) is 0 Å². The summed E-state index contributed by atoms with van der Waals surface area (Å²) in [7, 11) is -3.97. The molecule has 0 radical (unpaired) electrons. The van der Waals surface area contributed by atoms with Crippen molar-refractivity contribution < 1.29 is 13.3 Å². The summed E-state index contributed by atoms with van der Waals surface area (Å²) >= 11 is 0. The normalized spacial score (nSPS) is 14.8. The number of nitrogens with one attached hydrogen (secondary N) is 1. The molecule has 0 bridgehead atoms. The molecule has 0 unspecified atom stereocenters. The number of hydrogen-bond acceptors (Lipinski definition) is 6. The summed E-state index contributed by atoms with van der Waals surface area (Å²) in [5.41, 5.74) is 2.44. The fourth-order valence-corrected chi connectivity index (χ4v) is 4.80. The van der Waals surface area contributed by atoms with Crippen LogP contribution in [0.15, 0.2) is 41.3 Å². The van der Waals surface area contributed by atoms with Crippen LogP contribution in [-0.2, 0) is 10.0 Å². The first-order valence-electron chi connectivity index (χ1n) is 10.0. The lowest BCUT2D eigenvalue weighted by atomic mass is 10.1. The van der Waals surface area contributed by atoms with Crippen molar-refractivity contribution in [3.8, 4) is 12.3 Å². The average Bonchev–Trinajstić information content (AvgIpc) is 2.74. The van der Waals surface area contributed by atoms with Crippen LogP contribution in [0.4, 0.5) is 17.1 Å². The second kappa shape index (κ2) is 9.37. The summed E-state index contributed by atoms with van der Waals surface area (Å²) in [6, 6.07) is 9.42. The molecule has 0 aliphatic carbocycles. The second-order valence-electron chi connectivity index (χ2n) is 7.61. The Labute approximate surface area is 183 Å². The Balaban J connectivity index is 1.83. The van der Waals surface area contributed by atoms with E-state index in [1.807, 2.05) is 17.9 Å². The first-order chi connectivity index (χ1) is 14.7. The van der Waals surface area contributed by atoms with Crippen LogP contribution in [0, 0.1) is 36.3 Å². The van der Waals surface area contributed by atoms with Gasteiger partial charge in [0.05, 0.1) is 15.5 Å². The van der Waals surface area contributed by atoms with Crippen LogP contribution in [-0.4, -0.2) is 51.0 Å². The number of aryl methyl sites for hydroxylation is 2. The summed E-state index contributed by atoms with van der Waals surface area (Å²) < 4.78 is 28.3. The Morgan fingerprint density at radius 3 is 2.45 bits per heavy atom. The monoisotopic (exact) mass is 442 g/mol. The molecule has 9 heteroatoms. The fourth-order valence-electron chi connectivity index (χ4n) is 3.65. The van der Waals surface area contributed by atoms with Crippen molar-refractivity contribution in [3.63, 3.8) is 0 Å². The van der Waals surface area contributed by atoms with Crippen molar-refractivity contribution in [2.45, 2.75) is 25.2 Å². The van der Waals surface area contributed by atoms with E-state index < -0.39 is 14.9 Å². The van der Waals surface area contributed by atoms with Gasteiger partial charge >= 0.3 is 0 Å². The maximum atomic E-state index is 12.9. The van der Waals surface area contributed by atoms with Gasteiger partial charge in [-0.2, -0.15) is 0 Å². The third-order valence-electron chi connectivity index (χ3n) is 5.37. The van der Waals surface area contributed by atoms with Crippen LogP contribution < -0.4 is 9.62 Å². The molecule has 1 N–H and O–H groups in total. The highest BCUT2D eigenvalue weighted by Crippen LogP contribution is 2.32. The molecule has 1 heterocycles. The Hall–Kier alpha value is -3.09. The lowest BCUT2D eigenvalue weighted by molar-refractivity contribution is -0.384. The zero-order chi connectivity index (χ0) is 22.6. The molecular formula is C22H26N4O4S. The van der Waals surface area contributed by atoms with Gasteiger partial charge in [-0.1, -0.05) is 17.7 Å². The van der Waals surface area contributed by atoms with Gasteiger partial charge in [0.15, 0.2) is 0 Å². The van der Waals surface area contributed by atoms with Crippen molar-refractivity contribution in [1.29, 1.82) is 0 Å². The number of nitrogens with zero attached hydrogens (tertiary/aromatic N) is 3. The molecule has 31 heavy (non-hydrogen) atoms. The van der Waals surface area contributed by atoms with Gasteiger partial charge in [-0.15, -0.1) is 12.3 Å². The highest BCUT2D eigenvalue weighted by Gasteiger charge is 2.27. The smallest absolute Gasteiger partial charge is 0.293 e. The summed E-state index contributed by atoms with van der Waals surface area (Å²) in [6.45, 7) is 7.23. The standard InChI is InChI=1S/C22H26N4O4S/c1-4-5-10-24-11-13-25(14-12-24)21-9-7-19(16-22(21)26(27)28)31(29,30)23-20-8-6-17(2)15-18(20)3/h1,6-9,15-16,23H,5,10-14H2,2-3H3. The molecule has 164 valence electrons. The molecular weight excluding hydrogens is 416 g/mol. The Morgan fingerprint density at radius 2 is 1.84 bits per heavy atom. The molecule has 1 aliphatic heterocycles. The number of rotatable bonds is 7. The van der Waals surface area contributed by atoms with Crippen molar-refractivity contribution in [3.05, 3.63) is 57.6 Å². The van der Waals surface area contributed by atoms with E-state index in [4.69, 9.17) is 6.42 Å². The highest BCUT2D eigenvalue weighted by molar-refractivity contribution is 7.92. The first-order valence-corrected chi connectivity index (χ1v) is 11.5. The molecule has 1 saturated heterocycles. The van der Waals surface area contributed by atoms with Crippen LogP contribution in [0.3, 0.4) is 0 Å². The predicted molar refractivity (Wildman–Crippen MR) is 122 cm³/mol. The fraction of sp³-hybridized carbons (Fsp3) is 0.364. The van der Waals surface area contributed by atoms with Crippen LogP contribution in [0.1, 0.15) is 17.5 Å². The van der Waals surface area contributed by atoms with Crippen LogP contribution in [0.2, 0.25) is 0 Å². The summed E-state index contributed by atoms with van der Waals surface area (Å²) in [5.74, 6) is 2.62. The number of terminal acetylenes is 1. The van der Waals surface area contributed by atoms with Crippen molar-refractivity contribution >= 4 is 27.1 Å². The molecule has 0 aromatic heterocycles. The molecule has 1 fully saturated rings. The molecule has 0 amide bonds. The van der Waals surface area contributed by atoms with Crippen molar-refractivity contribution in [1.82, 2.24) is 4.90 Å². The minimum Gasteiger partial charge on any atom is -0.363 e. The van der Waals surface area contributed by atoms with Crippen LogP contribution in [0.5, 0.6) is 0 Å². The molecule has 0 saturated carbocycles. The zero-order valence-corrected chi connectivity index (χ0v) is 18.5. The molecule has 8 nitrogen and oxygen atoms in total. The number of nitro benzene ring substituents is 1. The van der Waals surface area contributed by atoms with E-state index in [1.54, 1.807) is 19.1 Å². The van der Waals surface area contributed by atoms with Crippen molar-refractivity contribution in [2.75, 3.05) is 42.3 Å². The van der Waals surface area contributed by atoms with Gasteiger partial charge in [0.1, 0.15) is 5.69 Å². The number of benzene rings is 2. The van der Waals surface area contributed by atoms with Gasteiger partial charge in [0.2, 0.25) is 0 Å². The number of hydrogen-bond donors (Lipinski definition) is 1. The Kier molecular flexibility index (Phi) is 6.83. The topological polar surface area (TPSA) is 95.8 Å². The lowest BCUT2D eigenvalue weighted by Gasteiger charge is -2.35. The number of piperazine rings is 1. The molecule has 0 spiro atoms. The second-order valence-corrected chi connectivity index (χ2v) is 9.30. The van der Waals surface area contributed by atoms with Crippen LogP contribution in [0.25, 0.3) is 0 Å². The average molecular weight is 443 g/mol. The third-order valence-corrected chi connectivity index (χ3v) is 6.73. The zero-order valence-electron chi connectivity index (χ0n) is 17.7. The molecule has 3 rings (SSSR count). The molecule has 0 atom stereocenters. The van der Waals surface area contributed by atoms with E-state index in [0.717, 1.165) is 36.8 Å². The minimum absolute atomic E-state index is 0.143. The first kappa shape index (κ1) is 22.6. The van der Waals surface area contributed by atoms with Gasteiger partial charge in [-0.3, -0.25) is 19.7 Å². The van der Waals surface area contributed by atoms with E-state index in [0.29, 0.717) is 30.9 Å². The quantitative estimate of drug-likeness (QED) is 0.402. The van der Waals surface area contributed by atoms with E-state index >= 15 is 0 Å². The van der Waals surface area contributed by atoms with Gasteiger partial charge < -0.3 is 4.90 Å². The molecule has 2 aromatic rings. The number of nitro groups is 1. The van der Waals surface area contributed by atoms with E-state index in [1.165, 1.54) is 12.1 Å². The summed E-state index contributed by atoms with van der Waals surface area (Å²) in [4.78, 5) is 15.2. The predicted octanol–water partition coefficient (Wildman–Crippen LogP) is 3.16. The van der Waals surface area contributed by atoms with Gasteiger partial charge in [-0.05, 0) is 37.6 Å². The van der Waals surface area contributed by atoms with E-state index in [2.05, 4.69) is 15.5 Å². The lowest BCUT2D eigenvalue weighted by Crippen LogP contribution is -2.46. The maximum Gasteiger partial charge on any atom is 0.293 e. The summed E-state index contributed by atoms with van der Waals surface area (Å²) in [5, 5.41) is 11.7. The minimum atomic E-state index is -3.97.